The van der Waals surface area contributed by atoms with Crippen molar-refractivity contribution in [2.45, 2.75) is 25.6 Å². The van der Waals surface area contributed by atoms with Crippen LogP contribution in [0.1, 0.15) is 25.2 Å². The Hall–Kier alpha value is -1.32. The molecule has 1 aromatic heterocycles. The molecule has 3 heteroatoms. The van der Waals surface area contributed by atoms with E-state index in [4.69, 9.17) is 9.15 Å². The smallest absolute Gasteiger partial charge is 0.134 e. The number of fused-ring (bicyclic) bond motifs is 1. The summed E-state index contributed by atoms with van der Waals surface area (Å²) in [6.07, 6.45) is 0.414. The molecule has 0 spiro atoms. The molecular formula is C14H16O3. The molecule has 0 radical (unpaired) electrons. The fourth-order valence-electron chi connectivity index (χ4n) is 2.52. The van der Waals surface area contributed by atoms with E-state index >= 15 is 0 Å². The Morgan fingerprint density at radius 3 is 2.88 bits per heavy atom. The molecule has 3 rings (SSSR count). The predicted octanol–water partition coefficient (Wildman–Crippen LogP) is 2.89. The van der Waals surface area contributed by atoms with Gasteiger partial charge in [0.05, 0.1) is 6.10 Å². The maximum Gasteiger partial charge on any atom is 0.134 e. The summed E-state index contributed by atoms with van der Waals surface area (Å²) in [6, 6.07) is 9.73. The monoisotopic (exact) mass is 232 g/mol. The second kappa shape index (κ2) is 4.17. The van der Waals surface area contributed by atoms with E-state index in [1.54, 1.807) is 0 Å². The summed E-state index contributed by atoms with van der Waals surface area (Å²) in [4.78, 5) is 0. The Morgan fingerprint density at radius 1 is 1.35 bits per heavy atom. The van der Waals surface area contributed by atoms with Crippen molar-refractivity contribution in [2.75, 3.05) is 6.61 Å². The molecule has 17 heavy (non-hydrogen) atoms. The van der Waals surface area contributed by atoms with Crippen LogP contribution in [-0.4, -0.2) is 17.8 Å². The molecule has 2 heterocycles. The third-order valence-electron chi connectivity index (χ3n) is 3.58. The van der Waals surface area contributed by atoms with Crippen LogP contribution in [0.15, 0.2) is 34.7 Å². The van der Waals surface area contributed by atoms with Crippen molar-refractivity contribution >= 4 is 11.0 Å². The van der Waals surface area contributed by atoms with Gasteiger partial charge in [0.15, 0.2) is 0 Å². The van der Waals surface area contributed by atoms with Gasteiger partial charge in [0.2, 0.25) is 0 Å². The van der Waals surface area contributed by atoms with Crippen molar-refractivity contribution in [3.63, 3.8) is 0 Å². The lowest BCUT2D eigenvalue weighted by molar-refractivity contribution is 0.0329. The molecule has 0 saturated carbocycles. The zero-order valence-corrected chi connectivity index (χ0v) is 9.80. The van der Waals surface area contributed by atoms with E-state index in [9.17, 15) is 5.11 Å². The van der Waals surface area contributed by atoms with E-state index < -0.39 is 6.10 Å². The molecule has 3 unspecified atom stereocenters. The first kappa shape index (κ1) is 10.8. The minimum Gasteiger partial charge on any atom is -0.458 e. The zero-order chi connectivity index (χ0) is 11.8. The van der Waals surface area contributed by atoms with Gasteiger partial charge in [0.25, 0.3) is 0 Å². The number of ether oxygens (including phenoxy) is 1. The average Bonchev–Trinajstić information content (AvgIpc) is 2.93. The number of rotatable bonds is 2. The van der Waals surface area contributed by atoms with Crippen LogP contribution >= 0.6 is 0 Å². The fourth-order valence-corrected chi connectivity index (χ4v) is 2.52. The van der Waals surface area contributed by atoms with Crippen molar-refractivity contribution < 1.29 is 14.3 Å². The van der Waals surface area contributed by atoms with Crippen LogP contribution in [0.2, 0.25) is 0 Å². The summed E-state index contributed by atoms with van der Waals surface area (Å²) in [5, 5.41) is 11.4. The van der Waals surface area contributed by atoms with Crippen molar-refractivity contribution in [3.8, 4) is 0 Å². The normalized spacial score (nSPS) is 26.5. The molecule has 2 aromatic rings. The SMILES string of the molecule is CC1OCCC1C(O)c1cc2ccccc2o1. The summed E-state index contributed by atoms with van der Waals surface area (Å²) < 4.78 is 11.2. The molecule has 90 valence electrons. The summed E-state index contributed by atoms with van der Waals surface area (Å²) in [6.45, 7) is 2.73. The first-order valence-corrected chi connectivity index (χ1v) is 6.04. The standard InChI is InChI=1S/C14H16O3/c1-9-11(6-7-16-9)14(15)13-8-10-4-2-3-5-12(10)17-13/h2-5,8-9,11,14-15H,6-7H2,1H3. The molecule has 3 nitrogen and oxygen atoms in total. The molecule has 0 aliphatic carbocycles. The van der Waals surface area contributed by atoms with Crippen LogP contribution in [0.3, 0.4) is 0 Å². The second-order valence-electron chi connectivity index (χ2n) is 4.66. The minimum atomic E-state index is -0.570. The number of hydrogen-bond acceptors (Lipinski definition) is 3. The molecule has 1 saturated heterocycles. The lowest BCUT2D eigenvalue weighted by Crippen LogP contribution is -2.19. The van der Waals surface area contributed by atoms with E-state index in [0.717, 1.165) is 24.0 Å². The first-order valence-electron chi connectivity index (χ1n) is 6.04. The van der Waals surface area contributed by atoms with Crippen molar-refractivity contribution in [3.05, 3.63) is 36.1 Å². The summed E-state index contributed by atoms with van der Waals surface area (Å²) in [5.74, 6) is 0.782. The van der Waals surface area contributed by atoms with Gasteiger partial charge >= 0.3 is 0 Å². The van der Waals surface area contributed by atoms with Gasteiger partial charge in [0, 0.05) is 17.9 Å². The number of para-hydroxylation sites is 1. The van der Waals surface area contributed by atoms with Gasteiger partial charge in [-0.3, -0.25) is 0 Å². The fraction of sp³-hybridized carbons (Fsp3) is 0.429. The number of benzene rings is 1. The zero-order valence-electron chi connectivity index (χ0n) is 9.80. The highest BCUT2D eigenvalue weighted by Crippen LogP contribution is 2.35. The maximum absolute atomic E-state index is 10.3. The predicted molar refractivity (Wildman–Crippen MR) is 64.7 cm³/mol. The lowest BCUT2D eigenvalue weighted by atomic mass is 9.94. The number of furan rings is 1. The number of aliphatic hydroxyl groups excluding tert-OH is 1. The van der Waals surface area contributed by atoms with Crippen LogP contribution in [0.5, 0.6) is 0 Å². The van der Waals surface area contributed by atoms with Gasteiger partial charge in [-0.1, -0.05) is 18.2 Å². The van der Waals surface area contributed by atoms with Crippen LogP contribution in [0.4, 0.5) is 0 Å². The molecule has 3 atom stereocenters. The van der Waals surface area contributed by atoms with Gasteiger partial charge in [-0.15, -0.1) is 0 Å². The molecule has 0 amide bonds. The maximum atomic E-state index is 10.3. The quantitative estimate of drug-likeness (QED) is 0.865. The Kier molecular flexibility index (Phi) is 2.65. The van der Waals surface area contributed by atoms with Gasteiger partial charge in [0.1, 0.15) is 17.4 Å². The van der Waals surface area contributed by atoms with Gasteiger partial charge in [-0.05, 0) is 25.5 Å². The van der Waals surface area contributed by atoms with Gasteiger partial charge in [-0.25, -0.2) is 0 Å². The van der Waals surface area contributed by atoms with E-state index in [-0.39, 0.29) is 12.0 Å². The highest BCUT2D eigenvalue weighted by molar-refractivity contribution is 5.77. The largest absolute Gasteiger partial charge is 0.458 e. The summed E-state index contributed by atoms with van der Waals surface area (Å²) >= 11 is 0. The lowest BCUT2D eigenvalue weighted by Gasteiger charge is -2.18. The number of hydrogen-bond donors (Lipinski definition) is 1. The second-order valence-corrected chi connectivity index (χ2v) is 4.66. The first-order chi connectivity index (χ1) is 8.25. The molecule has 1 aliphatic heterocycles. The Morgan fingerprint density at radius 2 is 2.18 bits per heavy atom. The molecule has 1 aromatic carbocycles. The Labute approximate surface area is 100.0 Å². The van der Waals surface area contributed by atoms with Crippen LogP contribution in [0.25, 0.3) is 11.0 Å². The minimum absolute atomic E-state index is 0.0956. The summed E-state index contributed by atoms with van der Waals surface area (Å²) in [5.41, 5.74) is 0.827. The molecule has 1 N–H and O–H groups in total. The Balaban J connectivity index is 1.92. The number of aliphatic hydroxyl groups is 1. The van der Waals surface area contributed by atoms with Crippen molar-refractivity contribution in [1.29, 1.82) is 0 Å². The highest BCUT2D eigenvalue weighted by Gasteiger charge is 2.33. The highest BCUT2D eigenvalue weighted by atomic mass is 16.5. The topological polar surface area (TPSA) is 42.6 Å². The average molecular weight is 232 g/mol. The van der Waals surface area contributed by atoms with Crippen LogP contribution in [-0.2, 0) is 4.74 Å². The van der Waals surface area contributed by atoms with E-state index in [0.29, 0.717) is 5.76 Å². The van der Waals surface area contributed by atoms with Crippen LogP contribution in [0, 0.1) is 5.92 Å². The van der Waals surface area contributed by atoms with E-state index in [1.807, 2.05) is 37.3 Å². The van der Waals surface area contributed by atoms with Crippen molar-refractivity contribution in [2.24, 2.45) is 5.92 Å². The molecule has 1 aliphatic rings. The van der Waals surface area contributed by atoms with E-state index in [1.165, 1.54) is 0 Å². The van der Waals surface area contributed by atoms with Gasteiger partial charge in [-0.2, -0.15) is 0 Å². The van der Waals surface area contributed by atoms with Crippen LogP contribution < -0.4 is 0 Å². The summed E-state index contributed by atoms with van der Waals surface area (Å²) in [7, 11) is 0. The molecule has 1 fully saturated rings. The van der Waals surface area contributed by atoms with Crippen molar-refractivity contribution in [1.82, 2.24) is 0 Å². The Bertz CT molecular complexity index is 484. The molecule has 0 bridgehead atoms. The molecular weight excluding hydrogens is 216 g/mol. The van der Waals surface area contributed by atoms with E-state index in [2.05, 4.69) is 0 Å². The van der Waals surface area contributed by atoms with Gasteiger partial charge < -0.3 is 14.3 Å². The third kappa shape index (κ3) is 1.85. The third-order valence-corrected chi connectivity index (χ3v) is 3.58.